The van der Waals surface area contributed by atoms with Crippen molar-refractivity contribution in [3.8, 4) is 11.5 Å². The smallest absolute Gasteiger partial charge is 0.261 e. The Hall–Kier alpha value is -3.06. The van der Waals surface area contributed by atoms with E-state index in [-0.39, 0.29) is 38.1 Å². The fraction of sp³-hybridized carbons (Fsp3) is 0.333. The van der Waals surface area contributed by atoms with E-state index in [0.717, 1.165) is 5.75 Å². The van der Waals surface area contributed by atoms with E-state index in [1.54, 1.807) is 12.1 Å². The lowest BCUT2D eigenvalue weighted by atomic mass is 10.3. The summed E-state index contributed by atoms with van der Waals surface area (Å²) in [6.45, 7) is 0.653. The summed E-state index contributed by atoms with van der Waals surface area (Å²) in [7, 11) is 0. The summed E-state index contributed by atoms with van der Waals surface area (Å²) in [4.78, 5) is 27.8. The van der Waals surface area contributed by atoms with Crippen LogP contribution in [0.1, 0.15) is 0 Å². The third-order valence-electron chi connectivity index (χ3n) is 4.37. The summed E-state index contributed by atoms with van der Waals surface area (Å²) >= 11 is 0. The molecule has 3 rings (SSSR count). The van der Waals surface area contributed by atoms with E-state index >= 15 is 0 Å². The molecular formula is C21H24N2O5. The number of hydrogen-bond acceptors (Lipinski definition) is 5. The molecule has 0 spiro atoms. The highest BCUT2D eigenvalue weighted by Crippen LogP contribution is 2.11. The average Bonchev–Trinajstić information content (AvgIpc) is 2.86. The second kappa shape index (κ2) is 9.75. The monoisotopic (exact) mass is 384 g/mol. The number of carbonyl (C=O) groups excluding carboxylic acids is 2. The highest BCUT2D eigenvalue weighted by Gasteiger charge is 2.29. The number of aliphatic hydroxyl groups is 1. The molecule has 2 amide bonds. The number of amides is 2. The number of β-amino-alcohol motifs (C(OH)–C–C–N with tert-alkyl or cyclic N) is 1. The van der Waals surface area contributed by atoms with Gasteiger partial charge in [-0.25, -0.2) is 0 Å². The van der Waals surface area contributed by atoms with Crippen molar-refractivity contribution in [3.63, 3.8) is 0 Å². The SMILES string of the molecule is O=C1CN(C(=O)COc2ccccc2)CC(O)CN1CCOc1ccccc1. The molecule has 1 aliphatic heterocycles. The first kappa shape index (κ1) is 19.7. The number of ether oxygens (including phenoxy) is 2. The molecule has 0 saturated carbocycles. The van der Waals surface area contributed by atoms with Crippen molar-refractivity contribution in [2.45, 2.75) is 6.10 Å². The molecule has 1 unspecified atom stereocenters. The molecule has 1 N–H and O–H groups in total. The van der Waals surface area contributed by atoms with E-state index in [1.807, 2.05) is 48.5 Å². The van der Waals surface area contributed by atoms with Crippen molar-refractivity contribution in [2.24, 2.45) is 0 Å². The lowest BCUT2D eigenvalue weighted by Gasteiger charge is -2.22. The molecule has 1 heterocycles. The molecule has 148 valence electrons. The van der Waals surface area contributed by atoms with Crippen molar-refractivity contribution < 1.29 is 24.2 Å². The van der Waals surface area contributed by atoms with Gasteiger partial charge >= 0.3 is 0 Å². The minimum atomic E-state index is -0.816. The minimum Gasteiger partial charge on any atom is -0.492 e. The Kier molecular flexibility index (Phi) is 6.86. The molecule has 0 radical (unpaired) electrons. The zero-order valence-electron chi connectivity index (χ0n) is 15.6. The molecule has 1 atom stereocenters. The first-order valence-corrected chi connectivity index (χ1v) is 9.21. The van der Waals surface area contributed by atoms with Crippen molar-refractivity contribution in [1.29, 1.82) is 0 Å². The second-order valence-electron chi connectivity index (χ2n) is 6.53. The predicted octanol–water partition coefficient (Wildman–Crippen LogP) is 1.18. The van der Waals surface area contributed by atoms with Gasteiger partial charge in [0.15, 0.2) is 6.61 Å². The Morgan fingerprint density at radius 3 is 2.21 bits per heavy atom. The summed E-state index contributed by atoms with van der Waals surface area (Å²) in [5, 5.41) is 10.2. The summed E-state index contributed by atoms with van der Waals surface area (Å²) < 4.78 is 11.1. The third kappa shape index (κ3) is 5.72. The van der Waals surface area contributed by atoms with Crippen molar-refractivity contribution in [1.82, 2.24) is 9.80 Å². The summed E-state index contributed by atoms with van der Waals surface area (Å²) in [6, 6.07) is 18.3. The minimum absolute atomic E-state index is 0.0839. The quantitative estimate of drug-likeness (QED) is 0.775. The molecule has 1 aliphatic rings. The molecule has 7 nitrogen and oxygen atoms in total. The van der Waals surface area contributed by atoms with E-state index in [0.29, 0.717) is 18.9 Å². The Labute approximate surface area is 164 Å². The summed E-state index contributed by atoms with van der Waals surface area (Å²) in [5.74, 6) is 0.748. The van der Waals surface area contributed by atoms with Crippen LogP contribution in [-0.4, -0.2) is 72.2 Å². The van der Waals surface area contributed by atoms with Crippen LogP contribution in [0.25, 0.3) is 0 Å². The number of nitrogens with zero attached hydrogens (tertiary/aromatic N) is 2. The molecule has 7 heteroatoms. The molecule has 28 heavy (non-hydrogen) atoms. The van der Waals surface area contributed by atoms with Gasteiger partial charge in [0.2, 0.25) is 5.91 Å². The van der Waals surface area contributed by atoms with Gasteiger partial charge in [0.05, 0.1) is 19.2 Å². The fourth-order valence-electron chi connectivity index (χ4n) is 2.95. The number of rotatable bonds is 7. The van der Waals surface area contributed by atoms with Gasteiger partial charge < -0.3 is 24.4 Å². The van der Waals surface area contributed by atoms with Crippen LogP contribution in [0.4, 0.5) is 0 Å². The van der Waals surface area contributed by atoms with Gasteiger partial charge in [0.25, 0.3) is 5.91 Å². The molecular weight excluding hydrogens is 360 g/mol. The van der Waals surface area contributed by atoms with Gasteiger partial charge in [-0.15, -0.1) is 0 Å². The zero-order chi connectivity index (χ0) is 19.8. The maximum Gasteiger partial charge on any atom is 0.261 e. The Morgan fingerprint density at radius 2 is 1.57 bits per heavy atom. The lowest BCUT2D eigenvalue weighted by Crippen LogP contribution is -2.42. The van der Waals surface area contributed by atoms with Crippen LogP contribution in [0.5, 0.6) is 11.5 Å². The highest BCUT2D eigenvalue weighted by atomic mass is 16.5. The van der Waals surface area contributed by atoms with Gasteiger partial charge in [0.1, 0.15) is 18.1 Å². The topological polar surface area (TPSA) is 79.3 Å². The number of benzene rings is 2. The van der Waals surface area contributed by atoms with Crippen LogP contribution in [0.3, 0.4) is 0 Å². The number of para-hydroxylation sites is 2. The van der Waals surface area contributed by atoms with Gasteiger partial charge in [-0.1, -0.05) is 36.4 Å². The normalized spacial score (nSPS) is 17.2. The van der Waals surface area contributed by atoms with Crippen LogP contribution in [0.2, 0.25) is 0 Å². The van der Waals surface area contributed by atoms with Gasteiger partial charge in [-0.3, -0.25) is 9.59 Å². The number of carbonyl (C=O) groups is 2. The van der Waals surface area contributed by atoms with Crippen molar-refractivity contribution >= 4 is 11.8 Å². The Bertz CT molecular complexity index is 769. The van der Waals surface area contributed by atoms with Crippen molar-refractivity contribution in [3.05, 3.63) is 60.7 Å². The van der Waals surface area contributed by atoms with E-state index in [1.165, 1.54) is 9.80 Å². The van der Waals surface area contributed by atoms with Crippen LogP contribution >= 0.6 is 0 Å². The maximum absolute atomic E-state index is 12.5. The summed E-state index contributed by atoms with van der Waals surface area (Å²) in [5.41, 5.74) is 0. The maximum atomic E-state index is 12.5. The molecule has 2 aromatic rings. The van der Waals surface area contributed by atoms with Crippen LogP contribution in [0.15, 0.2) is 60.7 Å². The number of aliphatic hydroxyl groups excluding tert-OH is 1. The third-order valence-corrected chi connectivity index (χ3v) is 4.37. The first-order chi connectivity index (χ1) is 13.6. The molecule has 1 saturated heterocycles. The largest absolute Gasteiger partial charge is 0.492 e. The molecule has 1 fully saturated rings. The van der Waals surface area contributed by atoms with Gasteiger partial charge in [-0.2, -0.15) is 0 Å². The van der Waals surface area contributed by atoms with Crippen LogP contribution in [0, 0.1) is 0 Å². The van der Waals surface area contributed by atoms with E-state index in [4.69, 9.17) is 9.47 Å². The first-order valence-electron chi connectivity index (χ1n) is 9.21. The Morgan fingerprint density at radius 1 is 0.964 bits per heavy atom. The highest BCUT2D eigenvalue weighted by molar-refractivity contribution is 5.86. The predicted molar refractivity (Wildman–Crippen MR) is 103 cm³/mol. The van der Waals surface area contributed by atoms with Gasteiger partial charge in [0, 0.05) is 13.1 Å². The lowest BCUT2D eigenvalue weighted by molar-refractivity contribution is -0.140. The fourth-order valence-corrected chi connectivity index (χ4v) is 2.95. The van der Waals surface area contributed by atoms with E-state index in [2.05, 4.69) is 0 Å². The van der Waals surface area contributed by atoms with E-state index in [9.17, 15) is 14.7 Å². The average molecular weight is 384 g/mol. The van der Waals surface area contributed by atoms with Crippen LogP contribution in [-0.2, 0) is 9.59 Å². The Balaban J connectivity index is 1.50. The van der Waals surface area contributed by atoms with Crippen LogP contribution < -0.4 is 9.47 Å². The standard InChI is InChI=1S/C21H24N2O5/c24-17-13-22(11-12-27-18-7-3-1-4-8-18)20(25)15-23(14-17)21(26)16-28-19-9-5-2-6-10-19/h1-10,17,24H,11-16H2. The molecule has 0 aliphatic carbocycles. The molecule has 0 aromatic heterocycles. The second-order valence-corrected chi connectivity index (χ2v) is 6.53. The van der Waals surface area contributed by atoms with E-state index < -0.39 is 6.10 Å². The zero-order valence-corrected chi connectivity index (χ0v) is 15.6. The van der Waals surface area contributed by atoms with Crippen molar-refractivity contribution in [2.75, 3.05) is 39.4 Å². The summed E-state index contributed by atoms with van der Waals surface area (Å²) in [6.07, 6.45) is -0.816. The molecule has 0 bridgehead atoms. The molecule has 2 aromatic carbocycles. The van der Waals surface area contributed by atoms with Gasteiger partial charge in [-0.05, 0) is 24.3 Å². The number of hydrogen-bond donors (Lipinski definition) is 1.